The number of nitrogens with zero attached hydrogens (tertiary/aromatic N) is 3. The standard InChI is InChI=1S/C26H23N5S/c27-21(14-18-6-2-1-3-7-18)16-29-26-30-17-22(25(31-26)19-10-12-28-13-11-19)24-15-20-8-4-5-9-23(20)32-24/h1-13,15,17,21H,14,16,27H2,(H,29,30,31)/t21-/m1/s1. The molecule has 6 heteroatoms. The van der Waals surface area contributed by atoms with Crippen LogP contribution in [0.15, 0.2) is 91.4 Å². The molecular formula is C26H23N5S. The summed E-state index contributed by atoms with van der Waals surface area (Å²) in [5.41, 5.74) is 10.5. The number of fused-ring (bicyclic) bond motifs is 1. The second kappa shape index (κ2) is 9.26. The zero-order chi connectivity index (χ0) is 21.8. The van der Waals surface area contributed by atoms with Gasteiger partial charge in [-0.25, -0.2) is 9.97 Å². The highest BCUT2D eigenvalue weighted by molar-refractivity contribution is 7.22. The third kappa shape index (κ3) is 4.51. The molecule has 0 saturated carbocycles. The second-order valence-corrected chi connectivity index (χ2v) is 8.75. The minimum atomic E-state index is -0.0346. The first-order valence-corrected chi connectivity index (χ1v) is 11.4. The molecule has 0 aliphatic rings. The van der Waals surface area contributed by atoms with Crippen LogP contribution in [0.2, 0.25) is 0 Å². The van der Waals surface area contributed by atoms with Crippen molar-refractivity contribution in [3.05, 3.63) is 97.0 Å². The molecule has 5 rings (SSSR count). The van der Waals surface area contributed by atoms with Crippen LogP contribution in [0.25, 0.3) is 31.8 Å². The molecule has 5 aromatic rings. The molecule has 5 nitrogen and oxygen atoms in total. The average Bonchev–Trinajstić information content (AvgIpc) is 3.28. The molecule has 0 radical (unpaired) electrons. The van der Waals surface area contributed by atoms with Gasteiger partial charge in [-0.3, -0.25) is 4.98 Å². The highest BCUT2D eigenvalue weighted by atomic mass is 32.1. The summed E-state index contributed by atoms with van der Waals surface area (Å²) in [7, 11) is 0. The summed E-state index contributed by atoms with van der Waals surface area (Å²) in [5, 5.41) is 4.54. The van der Waals surface area contributed by atoms with Crippen molar-refractivity contribution >= 4 is 27.4 Å². The highest BCUT2D eigenvalue weighted by Gasteiger charge is 2.15. The number of nitrogens with two attached hydrogens (primary N) is 1. The summed E-state index contributed by atoms with van der Waals surface area (Å²) in [4.78, 5) is 14.8. The Kier molecular flexibility index (Phi) is 5.87. The number of hydrogen-bond donors (Lipinski definition) is 2. The fraction of sp³-hybridized carbons (Fsp3) is 0.115. The van der Waals surface area contributed by atoms with Gasteiger partial charge in [0.15, 0.2) is 0 Å². The van der Waals surface area contributed by atoms with Gasteiger partial charge in [-0.2, -0.15) is 0 Å². The maximum Gasteiger partial charge on any atom is 0.223 e. The molecular weight excluding hydrogens is 414 g/mol. The van der Waals surface area contributed by atoms with Gasteiger partial charge in [0, 0.05) is 51.9 Å². The Morgan fingerprint density at radius 3 is 2.53 bits per heavy atom. The fourth-order valence-electron chi connectivity index (χ4n) is 3.70. The Bertz CT molecular complexity index is 1290. The van der Waals surface area contributed by atoms with E-state index < -0.39 is 0 Å². The molecule has 0 saturated heterocycles. The summed E-state index contributed by atoms with van der Waals surface area (Å²) in [6, 6.07) is 24.8. The molecule has 3 N–H and O–H groups in total. The van der Waals surface area contributed by atoms with E-state index in [1.54, 1.807) is 23.7 Å². The SMILES string of the molecule is N[C@@H](CNc1ncc(-c2cc3ccccc3s2)c(-c2ccncc2)n1)Cc1ccccc1. The van der Waals surface area contributed by atoms with Crippen molar-refractivity contribution in [2.45, 2.75) is 12.5 Å². The predicted octanol–water partition coefficient (Wildman–Crippen LogP) is 5.40. The minimum absolute atomic E-state index is 0.0346. The van der Waals surface area contributed by atoms with Crippen LogP contribution in [0.1, 0.15) is 5.56 Å². The molecule has 3 heterocycles. The van der Waals surface area contributed by atoms with Crippen LogP contribution >= 0.6 is 11.3 Å². The molecule has 0 unspecified atom stereocenters. The van der Waals surface area contributed by atoms with Gasteiger partial charge >= 0.3 is 0 Å². The van der Waals surface area contributed by atoms with Crippen LogP contribution in [0.5, 0.6) is 0 Å². The number of aromatic nitrogens is 3. The van der Waals surface area contributed by atoms with Gasteiger partial charge in [0.1, 0.15) is 0 Å². The monoisotopic (exact) mass is 437 g/mol. The first-order chi connectivity index (χ1) is 15.8. The lowest BCUT2D eigenvalue weighted by atomic mass is 10.1. The lowest BCUT2D eigenvalue weighted by Crippen LogP contribution is -2.31. The van der Waals surface area contributed by atoms with Crippen molar-refractivity contribution in [1.82, 2.24) is 15.0 Å². The first kappa shape index (κ1) is 20.3. The van der Waals surface area contributed by atoms with Crippen LogP contribution in [0, 0.1) is 0 Å². The van der Waals surface area contributed by atoms with E-state index in [1.807, 2.05) is 36.5 Å². The summed E-state index contributed by atoms with van der Waals surface area (Å²) >= 11 is 1.75. The van der Waals surface area contributed by atoms with Gasteiger partial charge in [0.25, 0.3) is 0 Å². The topological polar surface area (TPSA) is 76.7 Å². The number of anilines is 1. The van der Waals surface area contributed by atoms with E-state index in [1.165, 1.54) is 15.6 Å². The maximum atomic E-state index is 6.34. The van der Waals surface area contributed by atoms with E-state index in [4.69, 9.17) is 10.7 Å². The number of benzene rings is 2. The van der Waals surface area contributed by atoms with Gasteiger partial charge in [0.2, 0.25) is 5.95 Å². The van der Waals surface area contributed by atoms with Gasteiger partial charge in [-0.05, 0) is 41.6 Å². The largest absolute Gasteiger partial charge is 0.353 e. The maximum absolute atomic E-state index is 6.34. The third-order valence-corrected chi connectivity index (χ3v) is 6.45. The normalized spacial score (nSPS) is 12.0. The summed E-state index contributed by atoms with van der Waals surface area (Å²) in [5.74, 6) is 0.574. The van der Waals surface area contributed by atoms with Crippen LogP contribution in [0.3, 0.4) is 0 Å². The molecule has 0 amide bonds. The molecule has 0 aliphatic heterocycles. The zero-order valence-corrected chi connectivity index (χ0v) is 18.3. The van der Waals surface area contributed by atoms with Gasteiger partial charge in [-0.1, -0.05) is 48.5 Å². The molecule has 0 fully saturated rings. The number of thiophene rings is 1. The molecule has 158 valence electrons. The van der Waals surface area contributed by atoms with Crippen molar-refractivity contribution in [3.8, 4) is 21.7 Å². The zero-order valence-electron chi connectivity index (χ0n) is 17.5. The van der Waals surface area contributed by atoms with Gasteiger partial charge < -0.3 is 11.1 Å². The molecule has 0 spiro atoms. The Morgan fingerprint density at radius 1 is 0.938 bits per heavy atom. The average molecular weight is 438 g/mol. The van der Waals surface area contributed by atoms with E-state index in [9.17, 15) is 0 Å². The summed E-state index contributed by atoms with van der Waals surface area (Å²) in [6.45, 7) is 0.590. The quantitative estimate of drug-likeness (QED) is 0.356. The Labute approximate surface area is 191 Å². The number of hydrogen-bond acceptors (Lipinski definition) is 6. The van der Waals surface area contributed by atoms with Gasteiger partial charge in [-0.15, -0.1) is 11.3 Å². The van der Waals surface area contributed by atoms with Crippen LogP contribution in [0.4, 0.5) is 5.95 Å². The first-order valence-electron chi connectivity index (χ1n) is 10.6. The molecule has 2 aromatic carbocycles. The van der Waals surface area contributed by atoms with Gasteiger partial charge in [0.05, 0.1) is 5.69 Å². The van der Waals surface area contributed by atoms with E-state index in [0.29, 0.717) is 12.5 Å². The third-order valence-electron chi connectivity index (χ3n) is 5.30. The number of rotatable bonds is 7. The Morgan fingerprint density at radius 2 is 1.72 bits per heavy atom. The van der Waals surface area contributed by atoms with E-state index >= 15 is 0 Å². The van der Waals surface area contributed by atoms with Crippen LogP contribution < -0.4 is 11.1 Å². The predicted molar refractivity (Wildman–Crippen MR) is 133 cm³/mol. The van der Waals surface area contributed by atoms with Crippen molar-refractivity contribution in [2.24, 2.45) is 5.73 Å². The van der Waals surface area contributed by atoms with Crippen molar-refractivity contribution in [3.63, 3.8) is 0 Å². The van der Waals surface area contributed by atoms with E-state index in [0.717, 1.165) is 28.1 Å². The number of pyridine rings is 1. The Balaban J connectivity index is 1.42. The van der Waals surface area contributed by atoms with Crippen molar-refractivity contribution < 1.29 is 0 Å². The molecule has 0 aliphatic carbocycles. The fourth-order valence-corrected chi connectivity index (χ4v) is 4.78. The highest BCUT2D eigenvalue weighted by Crippen LogP contribution is 2.38. The summed E-state index contributed by atoms with van der Waals surface area (Å²) < 4.78 is 1.25. The van der Waals surface area contributed by atoms with E-state index in [-0.39, 0.29) is 6.04 Å². The lowest BCUT2D eigenvalue weighted by molar-refractivity contribution is 0.696. The van der Waals surface area contributed by atoms with Crippen LogP contribution in [-0.4, -0.2) is 27.5 Å². The van der Waals surface area contributed by atoms with E-state index in [2.05, 4.69) is 57.7 Å². The molecule has 3 aromatic heterocycles. The molecule has 0 bridgehead atoms. The van der Waals surface area contributed by atoms with Crippen molar-refractivity contribution in [2.75, 3.05) is 11.9 Å². The smallest absolute Gasteiger partial charge is 0.223 e. The van der Waals surface area contributed by atoms with Crippen LogP contribution in [-0.2, 0) is 6.42 Å². The lowest BCUT2D eigenvalue weighted by Gasteiger charge is -2.14. The van der Waals surface area contributed by atoms with Crippen molar-refractivity contribution in [1.29, 1.82) is 0 Å². The number of nitrogens with one attached hydrogen (secondary N) is 1. The summed E-state index contributed by atoms with van der Waals surface area (Å²) in [6.07, 6.45) is 6.27. The second-order valence-electron chi connectivity index (χ2n) is 7.67. The molecule has 1 atom stereocenters. The molecule has 32 heavy (non-hydrogen) atoms. The Hall–Kier alpha value is -3.61. The minimum Gasteiger partial charge on any atom is -0.353 e.